The number of aromatic nitrogens is 1. The number of hydrogen-bond acceptors (Lipinski definition) is 8. The van der Waals surface area contributed by atoms with Crippen LogP contribution in [-0.4, -0.2) is 69.4 Å². The second-order valence-corrected chi connectivity index (χ2v) is 12.2. The predicted molar refractivity (Wildman–Crippen MR) is 133 cm³/mol. The number of fused-ring (bicyclic) bond motifs is 1. The third-order valence-corrected chi connectivity index (χ3v) is 8.34. The lowest BCUT2D eigenvalue weighted by molar-refractivity contribution is -0.438. The molecule has 0 saturated heterocycles. The second-order valence-electron chi connectivity index (χ2n) is 9.23. The van der Waals surface area contributed by atoms with Crippen LogP contribution in [0.1, 0.15) is 57.9 Å². The number of nitrogens with zero attached hydrogens (tertiary/aromatic N) is 2. The van der Waals surface area contributed by atoms with Gasteiger partial charge in [0.15, 0.2) is 5.71 Å². The molecule has 0 saturated carbocycles. The van der Waals surface area contributed by atoms with Crippen LogP contribution in [0.3, 0.4) is 0 Å². The molecule has 12 nitrogen and oxygen atoms in total. The molecule has 14 heteroatoms. The Hall–Kier alpha value is -2.94. The van der Waals surface area contributed by atoms with Gasteiger partial charge in [-0.3, -0.25) is 9.11 Å². The molecule has 0 fully saturated rings. The Kier molecular flexibility index (Phi) is 8.37. The molecule has 1 atom stereocenters. The van der Waals surface area contributed by atoms with Crippen LogP contribution in [0.4, 0.5) is 5.69 Å². The molecule has 3 rings (SSSR count). The van der Waals surface area contributed by atoms with Gasteiger partial charge in [-0.1, -0.05) is 12.8 Å². The molecule has 4 N–H and O–H groups in total. The standard InChI is InChI=1S/C23H30N2O10S2/c1-16-23(2,12-5-3-4-7-22(28)35-25-20(26)10-11-21(25)27)18-15-17(37(32,33)34)8-9-19(18)24(16)13-6-14-36(29,30)31/h8-11,15H,3-7,12-14H2,1-2H3,(H3-,26,27,29,30,31,32,33,34)/p+1. The Balaban J connectivity index is 1.70. The maximum atomic E-state index is 12.0. The van der Waals surface area contributed by atoms with E-state index in [1.165, 1.54) is 24.3 Å². The van der Waals surface area contributed by atoms with Crippen LogP contribution in [-0.2, 0) is 30.4 Å². The van der Waals surface area contributed by atoms with Crippen LogP contribution in [0.2, 0.25) is 0 Å². The van der Waals surface area contributed by atoms with Crippen molar-refractivity contribution >= 4 is 37.6 Å². The van der Waals surface area contributed by atoms with Gasteiger partial charge in [-0.2, -0.15) is 21.4 Å². The van der Waals surface area contributed by atoms with E-state index in [0.717, 1.165) is 5.71 Å². The Bertz CT molecular complexity index is 1410. The van der Waals surface area contributed by atoms with Gasteiger partial charge in [0.25, 0.3) is 20.2 Å². The van der Waals surface area contributed by atoms with Crippen LogP contribution in [0.5, 0.6) is 11.8 Å². The highest BCUT2D eigenvalue weighted by Gasteiger charge is 2.46. The Labute approximate surface area is 215 Å². The lowest BCUT2D eigenvalue weighted by Crippen LogP contribution is -2.31. The van der Waals surface area contributed by atoms with Crippen molar-refractivity contribution in [2.45, 2.75) is 62.7 Å². The topological polar surface area (TPSA) is 183 Å². The van der Waals surface area contributed by atoms with E-state index in [9.17, 15) is 36.4 Å². The largest absolute Gasteiger partial charge is 0.492 e. The van der Waals surface area contributed by atoms with Gasteiger partial charge >= 0.3 is 5.97 Å². The van der Waals surface area contributed by atoms with Gasteiger partial charge in [0.05, 0.1) is 16.1 Å². The molecule has 1 aliphatic heterocycles. The monoisotopic (exact) mass is 559 g/mol. The van der Waals surface area contributed by atoms with Gasteiger partial charge in [0, 0.05) is 43.5 Å². The lowest BCUT2D eigenvalue weighted by atomic mass is 9.76. The lowest BCUT2D eigenvalue weighted by Gasteiger charge is -2.22. The van der Waals surface area contributed by atoms with Crippen LogP contribution in [0, 0.1) is 0 Å². The molecule has 1 aliphatic rings. The molecule has 0 amide bonds. The average molecular weight is 560 g/mol. The van der Waals surface area contributed by atoms with Crippen molar-refractivity contribution in [1.29, 1.82) is 0 Å². The third kappa shape index (κ3) is 6.69. The van der Waals surface area contributed by atoms with Crippen LogP contribution < -0.4 is 4.84 Å². The van der Waals surface area contributed by atoms with Gasteiger partial charge in [0.1, 0.15) is 6.54 Å². The molecular formula is C23H31N2O10S2+. The summed E-state index contributed by atoms with van der Waals surface area (Å²) in [5, 5.41) is 19.1. The van der Waals surface area contributed by atoms with Crippen LogP contribution >= 0.6 is 0 Å². The normalized spacial score (nSPS) is 17.7. The first-order valence-corrected chi connectivity index (χ1v) is 14.7. The fraction of sp³-hybridized carbons (Fsp3) is 0.478. The summed E-state index contributed by atoms with van der Waals surface area (Å²) in [4.78, 5) is 16.7. The first-order valence-electron chi connectivity index (χ1n) is 11.6. The van der Waals surface area contributed by atoms with E-state index >= 15 is 0 Å². The first-order chi connectivity index (χ1) is 17.1. The molecular weight excluding hydrogens is 528 g/mol. The van der Waals surface area contributed by atoms with Gasteiger partial charge in [0.2, 0.25) is 17.4 Å². The summed E-state index contributed by atoms with van der Waals surface area (Å²) >= 11 is 0. The van der Waals surface area contributed by atoms with Crippen molar-refractivity contribution < 1.29 is 50.4 Å². The zero-order valence-corrected chi connectivity index (χ0v) is 22.1. The fourth-order valence-corrected chi connectivity index (χ4v) is 5.60. The minimum Gasteiger partial charge on any atom is -0.492 e. The van der Waals surface area contributed by atoms with E-state index in [1.807, 2.05) is 18.4 Å². The van der Waals surface area contributed by atoms with Crippen molar-refractivity contribution in [2.75, 3.05) is 12.3 Å². The highest BCUT2D eigenvalue weighted by molar-refractivity contribution is 7.86. The predicted octanol–water partition coefficient (Wildman–Crippen LogP) is 2.41. The summed E-state index contributed by atoms with van der Waals surface area (Å²) in [6, 6.07) is 6.64. The molecule has 1 aromatic carbocycles. The summed E-state index contributed by atoms with van der Waals surface area (Å²) in [6.45, 7) is 4.09. The Morgan fingerprint density at radius 2 is 1.65 bits per heavy atom. The second kappa shape index (κ2) is 10.8. The van der Waals surface area contributed by atoms with E-state index in [0.29, 0.717) is 41.7 Å². The van der Waals surface area contributed by atoms with Crippen molar-refractivity contribution in [1.82, 2.24) is 4.73 Å². The molecule has 0 spiro atoms. The minimum absolute atomic E-state index is 0.0434. The highest BCUT2D eigenvalue weighted by atomic mass is 32.2. The molecule has 37 heavy (non-hydrogen) atoms. The summed E-state index contributed by atoms with van der Waals surface area (Å²) < 4.78 is 67.0. The summed E-state index contributed by atoms with van der Waals surface area (Å²) in [5.74, 6) is -1.87. The van der Waals surface area contributed by atoms with E-state index in [4.69, 9.17) is 9.39 Å². The van der Waals surface area contributed by atoms with Crippen molar-refractivity contribution in [3.8, 4) is 11.8 Å². The molecule has 0 aliphatic carbocycles. The molecule has 2 heterocycles. The van der Waals surface area contributed by atoms with E-state index in [2.05, 4.69) is 0 Å². The molecule has 1 unspecified atom stereocenters. The van der Waals surface area contributed by atoms with E-state index in [-0.39, 0.29) is 24.3 Å². The maximum absolute atomic E-state index is 12.0. The van der Waals surface area contributed by atoms with Crippen molar-refractivity contribution in [2.24, 2.45) is 0 Å². The quantitative estimate of drug-likeness (QED) is 0.171. The molecule has 1 aromatic heterocycles. The SMILES string of the molecule is CC1=[N+](CCCS(=O)(=O)O)c2ccc(S(=O)(=O)O)cc2C1(C)CCCCCC(=O)On1c(O)ccc1O. The summed E-state index contributed by atoms with van der Waals surface area (Å²) in [7, 11) is -8.57. The number of benzene rings is 1. The number of aromatic hydroxyl groups is 2. The number of carbonyl (C=O) groups is 1. The third-order valence-electron chi connectivity index (χ3n) is 6.69. The maximum Gasteiger partial charge on any atom is 0.333 e. The van der Waals surface area contributed by atoms with Crippen molar-refractivity contribution in [3.63, 3.8) is 0 Å². The number of hydrogen-bond donors (Lipinski definition) is 4. The van der Waals surface area contributed by atoms with Crippen LogP contribution in [0.25, 0.3) is 0 Å². The number of carbonyl (C=O) groups excluding carboxylic acids is 1. The summed E-state index contributed by atoms with van der Waals surface area (Å²) in [6.07, 6.45) is 2.51. The van der Waals surface area contributed by atoms with E-state index in [1.54, 1.807) is 6.07 Å². The minimum atomic E-state index is -4.44. The summed E-state index contributed by atoms with van der Waals surface area (Å²) in [5.41, 5.74) is 1.60. The van der Waals surface area contributed by atoms with Crippen molar-refractivity contribution in [3.05, 3.63) is 35.9 Å². The number of unbranched alkanes of at least 4 members (excludes halogenated alkanes) is 2. The van der Waals surface area contributed by atoms with Gasteiger partial charge in [-0.05, 0) is 31.9 Å². The molecule has 204 valence electrons. The fourth-order valence-electron chi connectivity index (χ4n) is 4.60. The Morgan fingerprint density at radius 1 is 1.00 bits per heavy atom. The highest BCUT2D eigenvalue weighted by Crippen LogP contribution is 2.44. The molecule has 2 aromatic rings. The smallest absolute Gasteiger partial charge is 0.333 e. The van der Waals surface area contributed by atoms with Crippen LogP contribution in [0.15, 0.2) is 35.2 Å². The number of rotatable bonds is 12. The van der Waals surface area contributed by atoms with Gasteiger partial charge < -0.3 is 15.1 Å². The Morgan fingerprint density at radius 3 is 2.24 bits per heavy atom. The molecule has 0 bridgehead atoms. The zero-order valence-electron chi connectivity index (χ0n) is 20.5. The van der Waals surface area contributed by atoms with Gasteiger partial charge in [-0.25, -0.2) is 4.79 Å². The first kappa shape index (κ1) is 28.6. The van der Waals surface area contributed by atoms with Gasteiger partial charge in [-0.15, -0.1) is 4.73 Å². The zero-order chi connectivity index (χ0) is 27.6. The molecule has 0 radical (unpaired) electrons. The van der Waals surface area contributed by atoms with E-state index < -0.39 is 49.1 Å². The average Bonchev–Trinajstić information content (AvgIpc) is 3.21.